The molecule has 0 bridgehead atoms. The van der Waals surface area contributed by atoms with Gasteiger partial charge in [0.05, 0.1) is 5.56 Å². The zero-order valence-electron chi connectivity index (χ0n) is 18.0. The fraction of sp³-hybridized carbons (Fsp3) is 0.391. The first kappa shape index (κ1) is 23.6. The van der Waals surface area contributed by atoms with Crippen LogP contribution in [-0.4, -0.2) is 61.4 Å². The van der Waals surface area contributed by atoms with E-state index < -0.39 is 17.6 Å². The Hall–Kier alpha value is -3.07. The number of rotatable bonds is 6. The summed E-state index contributed by atoms with van der Waals surface area (Å²) in [4.78, 5) is 28.7. The molecule has 9 heteroatoms. The summed E-state index contributed by atoms with van der Waals surface area (Å²) in [7, 11) is 4.08. The molecule has 0 saturated carbocycles. The smallest absolute Gasteiger partial charge is 0.416 e. The number of carbonyl (C=O) groups is 2. The van der Waals surface area contributed by atoms with Crippen LogP contribution in [0.5, 0.6) is 5.75 Å². The maximum absolute atomic E-state index is 12.8. The summed E-state index contributed by atoms with van der Waals surface area (Å²) in [5.74, 6) is -0.253. The molecular weight excluding hydrogens is 423 g/mol. The summed E-state index contributed by atoms with van der Waals surface area (Å²) in [6.45, 7) is 1.03. The van der Waals surface area contributed by atoms with Gasteiger partial charge in [-0.05, 0) is 69.4 Å². The third-order valence-corrected chi connectivity index (χ3v) is 5.43. The fourth-order valence-corrected chi connectivity index (χ4v) is 3.58. The molecular formula is C23H26F3N3O3. The van der Waals surface area contributed by atoms with Crippen molar-refractivity contribution in [3.05, 3.63) is 59.7 Å². The van der Waals surface area contributed by atoms with Crippen LogP contribution >= 0.6 is 0 Å². The molecule has 0 radical (unpaired) electrons. The Bertz CT molecular complexity index is 937. The van der Waals surface area contributed by atoms with Gasteiger partial charge in [0.15, 0.2) is 6.61 Å². The molecule has 1 aliphatic heterocycles. The van der Waals surface area contributed by atoms with Gasteiger partial charge >= 0.3 is 6.18 Å². The molecule has 1 heterocycles. The van der Waals surface area contributed by atoms with Crippen molar-refractivity contribution in [3.8, 4) is 5.75 Å². The highest BCUT2D eigenvalue weighted by Crippen LogP contribution is 2.30. The zero-order chi connectivity index (χ0) is 23.3. The minimum atomic E-state index is -4.49. The number of likely N-dealkylation sites (tertiary alicyclic amines) is 1. The van der Waals surface area contributed by atoms with Crippen LogP contribution in [0.3, 0.4) is 0 Å². The lowest BCUT2D eigenvalue weighted by atomic mass is 10.0. The average molecular weight is 449 g/mol. The first-order valence-electron chi connectivity index (χ1n) is 10.3. The van der Waals surface area contributed by atoms with Crippen molar-refractivity contribution in [2.75, 3.05) is 39.1 Å². The number of alkyl halides is 3. The third kappa shape index (κ3) is 6.23. The van der Waals surface area contributed by atoms with Crippen LogP contribution in [0, 0.1) is 0 Å². The lowest BCUT2D eigenvalue weighted by Gasteiger charge is -2.35. The maximum atomic E-state index is 12.8. The minimum absolute atomic E-state index is 0.0346. The maximum Gasteiger partial charge on any atom is 0.416 e. The summed E-state index contributed by atoms with van der Waals surface area (Å²) >= 11 is 0. The Labute approximate surface area is 184 Å². The number of piperidine rings is 1. The van der Waals surface area contributed by atoms with Gasteiger partial charge in [0.1, 0.15) is 5.75 Å². The summed E-state index contributed by atoms with van der Waals surface area (Å²) in [6, 6.07) is 11.3. The number of hydrogen-bond donors (Lipinski definition) is 1. The van der Waals surface area contributed by atoms with Crippen LogP contribution in [0.25, 0.3) is 0 Å². The molecule has 172 valence electrons. The van der Waals surface area contributed by atoms with Gasteiger partial charge in [0.25, 0.3) is 11.8 Å². The highest BCUT2D eigenvalue weighted by atomic mass is 19.4. The summed E-state index contributed by atoms with van der Waals surface area (Å²) in [5, 5.41) is 2.38. The van der Waals surface area contributed by atoms with Gasteiger partial charge in [-0.3, -0.25) is 9.59 Å². The van der Waals surface area contributed by atoms with Crippen LogP contribution in [0.2, 0.25) is 0 Å². The molecule has 0 aromatic heterocycles. The van der Waals surface area contributed by atoms with Gasteiger partial charge in [-0.15, -0.1) is 0 Å². The summed E-state index contributed by atoms with van der Waals surface area (Å²) < 4.78 is 43.7. The van der Waals surface area contributed by atoms with Crippen LogP contribution in [-0.2, 0) is 11.0 Å². The molecule has 0 unspecified atom stereocenters. The van der Waals surface area contributed by atoms with Crippen molar-refractivity contribution in [1.82, 2.24) is 9.80 Å². The monoisotopic (exact) mass is 449 g/mol. The van der Waals surface area contributed by atoms with Crippen molar-refractivity contribution in [2.24, 2.45) is 0 Å². The number of nitrogens with one attached hydrogen (secondary N) is 1. The largest absolute Gasteiger partial charge is 0.484 e. The van der Waals surface area contributed by atoms with Gasteiger partial charge in [0.2, 0.25) is 0 Å². The summed E-state index contributed by atoms with van der Waals surface area (Å²) in [5.41, 5.74) is -0.274. The van der Waals surface area contributed by atoms with Crippen molar-refractivity contribution in [3.63, 3.8) is 0 Å². The molecule has 32 heavy (non-hydrogen) atoms. The Morgan fingerprint density at radius 2 is 1.75 bits per heavy atom. The molecule has 0 aliphatic carbocycles. The van der Waals surface area contributed by atoms with E-state index in [9.17, 15) is 22.8 Å². The molecule has 1 saturated heterocycles. The Morgan fingerprint density at radius 1 is 1.09 bits per heavy atom. The Morgan fingerprint density at radius 3 is 2.34 bits per heavy atom. The first-order valence-corrected chi connectivity index (χ1v) is 10.3. The van der Waals surface area contributed by atoms with Crippen molar-refractivity contribution in [2.45, 2.75) is 25.1 Å². The molecule has 2 aromatic rings. The van der Waals surface area contributed by atoms with Gasteiger partial charge in [0, 0.05) is 30.4 Å². The molecule has 3 rings (SSSR count). The molecule has 0 atom stereocenters. The quantitative estimate of drug-likeness (QED) is 0.727. The number of carbonyl (C=O) groups excluding carboxylic acids is 2. The molecule has 6 nitrogen and oxygen atoms in total. The van der Waals surface area contributed by atoms with Gasteiger partial charge in [-0.2, -0.15) is 13.2 Å². The van der Waals surface area contributed by atoms with Crippen molar-refractivity contribution < 1.29 is 27.5 Å². The van der Waals surface area contributed by atoms with E-state index in [2.05, 4.69) is 10.2 Å². The van der Waals surface area contributed by atoms with E-state index >= 15 is 0 Å². The van der Waals surface area contributed by atoms with Gasteiger partial charge in [-0.1, -0.05) is 6.07 Å². The SMILES string of the molecule is CN(C)C1CCN(C(=O)c2ccc(OCC(=O)Nc3cccc(C(F)(F)F)c3)cc2)CC1. The van der Waals surface area contributed by atoms with E-state index in [0.717, 1.165) is 25.0 Å². The predicted molar refractivity (Wildman–Crippen MR) is 115 cm³/mol. The van der Waals surface area contributed by atoms with E-state index in [1.807, 2.05) is 19.0 Å². The normalized spacial score (nSPS) is 15.0. The van der Waals surface area contributed by atoms with Gasteiger partial charge < -0.3 is 19.9 Å². The first-order chi connectivity index (χ1) is 15.1. The third-order valence-electron chi connectivity index (χ3n) is 5.43. The highest BCUT2D eigenvalue weighted by Gasteiger charge is 2.30. The van der Waals surface area contributed by atoms with Crippen LogP contribution < -0.4 is 10.1 Å². The number of halogens is 3. The topological polar surface area (TPSA) is 61.9 Å². The molecule has 1 aliphatic rings. The Kier molecular flexibility index (Phi) is 7.40. The number of anilines is 1. The lowest BCUT2D eigenvalue weighted by Crippen LogP contribution is -2.44. The number of ether oxygens (including phenoxy) is 1. The van der Waals surface area contributed by atoms with E-state index in [-0.39, 0.29) is 18.2 Å². The van der Waals surface area contributed by atoms with E-state index in [1.165, 1.54) is 12.1 Å². The molecule has 0 spiro atoms. The second kappa shape index (κ2) is 10.0. The predicted octanol–water partition coefficient (Wildman–Crippen LogP) is 3.89. The molecule has 1 N–H and O–H groups in total. The lowest BCUT2D eigenvalue weighted by molar-refractivity contribution is -0.137. The number of amides is 2. The Balaban J connectivity index is 1.50. The number of nitrogens with zero attached hydrogens (tertiary/aromatic N) is 2. The number of benzene rings is 2. The van der Waals surface area contributed by atoms with E-state index in [4.69, 9.17) is 4.74 Å². The fourth-order valence-electron chi connectivity index (χ4n) is 3.58. The average Bonchev–Trinajstić information content (AvgIpc) is 2.77. The number of hydrogen-bond acceptors (Lipinski definition) is 4. The molecule has 2 aromatic carbocycles. The van der Waals surface area contributed by atoms with Crippen LogP contribution in [0.4, 0.5) is 18.9 Å². The van der Waals surface area contributed by atoms with Crippen molar-refractivity contribution in [1.29, 1.82) is 0 Å². The minimum Gasteiger partial charge on any atom is -0.484 e. The van der Waals surface area contributed by atoms with E-state index in [0.29, 0.717) is 30.4 Å². The second-order valence-corrected chi connectivity index (χ2v) is 7.93. The van der Waals surface area contributed by atoms with Crippen LogP contribution in [0.1, 0.15) is 28.8 Å². The van der Waals surface area contributed by atoms with Crippen molar-refractivity contribution >= 4 is 17.5 Å². The highest BCUT2D eigenvalue weighted by molar-refractivity contribution is 5.94. The van der Waals surface area contributed by atoms with E-state index in [1.54, 1.807) is 24.3 Å². The second-order valence-electron chi connectivity index (χ2n) is 7.93. The molecule has 1 fully saturated rings. The van der Waals surface area contributed by atoms with Crippen LogP contribution in [0.15, 0.2) is 48.5 Å². The van der Waals surface area contributed by atoms with Gasteiger partial charge in [-0.25, -0.2) is 0 Å². The zero-order valence-corrected chi connectivity index (χ0v) is 18.0. The molecule has 2 amide bonds. The summed E-state index contributed by atoms with van der Waals surface area (Å²) in [6.07, 6.45) is -2.62. The standard InChI is InChI=1S/C23H26F3N3O3/c1-28(2)19-10-12-29(13-11-19)22(31)16-6-8-20(9-7-16)32-15-21(30)27-18-5-3-4-17(14-18)23(24,25)26/h3-9,14,19H,10-13,15H2,1-2H3,(H,27,30).